The molecule has 0 spiro atoms. The third-order valence-electron chi connectivity index (χ3n) is 4.11. The highest BCUT2D eigenvalue weighted by Gasteiger charge is 2.35. The second kappa shape index (κ2) is 5.16. The van der Waals surface area contributed by atoms with Crippen molar-refractivity contribution in [1.82, 2.24) is 9.88 Å². The third kappa shape index (κ3) is 2.57. The molecular formula is C14H19FN2O3. The van der Waals surface area contributed by atoms with Gasteiger partial charge in [-0.2, -0.15) is 0 Å². The molecule has 1 aromatic rings. The monoisotopic (exact) mass is 282 g/mol. The van der Waals surface area contributed by atoms with E-state index in [2.05, 4.69) is 4.98 Å². The van der Waals surface area contributed by atoms with Crippen LogP contribution in [0.2, 0.25) is 0 Å². The van der Waals surface area contributed by atoms with Crippen molar-refractivity contribution in [3.05, 3.63) is 17.8 Å². The molecule has 6 heteroatoms. The number of nitrogens with zero attached hydrogens (tertiary/aromatic N) is 2. The van der Waals surface area contributed by atoms with Crippen LogP contribution in [0.15, 0.2) is 10.8 Å². The minimum absolute atomic E-state index is 0.173. The van der Waals surface area contributed by atoms with Gasteiger partial charge < -0.3 is 14.1 Å². The Kier molecular flexibility index (Phi) is 3.50. The number of hydrogen-bond acceptors (Lipinski definition) is 4. The van der Waals surface area contributed by atoms with Crippen LogP contribution >= 0.6 is 0 Å². The van der Waals surface area contributed by atoms with Crippen LogP contribution in [0.3, 0.4) is 0 Å². The highest BCUT2D eigenvalue weighted by molar-refractivity contribution is 5.93. The molecule has 3 rings (SSSR count). The molecule has 0 saturated carbocycles. The van der Waals surface area contributed by atoms with Gasteiger partial charge in [0.2, 0.25) is 0 Å². The van der Waals surface area contributed by atoms with Gasteiger partial charge in [0.1, 0.15) is 11.8 Å². The van der Waals surface area contributed by atoms with Crippen LogP contribution in [-0.4, -0.2) is 41.2 Å². The van der Waals surface area contributed by atoms with Crippen LogP contribution in [0.4, 0.5) is 4.39 Å². The molecule has 1 aromatic heterocycles. The lowest BCUT2D eigenvalue weighted by Gasteiger charge is -2.33. The Bertz CT molecular complexity index is 484. The van der Waals surface area contributed by atoms with Crippen LogP contribution < -0.4 is 0 Å². The van der Waals surface area contributed by atoms with E-state index in [1.54, 1.807) is 11.8 Å². The van der Waals surface area contributed by atoms with E-state index >= 15 is 0 Å². The van der Waals surface area contributed by atoms with Gasteiger partial charge in [-0.15, -0.1) is 0 Å². The van der Waals surface area contributed by atoms with Crippen molar-refractivity contribution in [1.29, 1.82) is 0 Å². The first-order valence-electron chi connectivity index (χ1n) is 7.10. The molecule has 2 saturated heterocycles. The number of hydrogen-bond donors (Lipinski definition) is 0. The molecule has 1 atom stereocenters. The van der Waals surface area contributed by atoms with Gasteiger partial charge in [0.15, 0.2) is 17.8 Å². The second-order valence-corrected chi connectivity index (χ2v) is 5.77. The molecule has 110 valence electrons. The van der Waals surface area contributed by atoms with Crippen molar-refractivity contribution >= 4 is 5.91 Å². The fourth-order valence-corrected chi connectivity index (χ4v) is 2.75. The lowest BCUT2D eigenvalue weighted by Crippen LogP contribution is -2.43. The summed E-state index contributed by atoms with van der Waals surface area (Å²) in [5.74, 6) is 0.334. The zero-order chi connectivity index (χ0) is 14.2. The summed E-state index contributed by atoms with van der Waals surface area (Å²) >= 11 is 0. The quantitative estimate of drug-likeness (QED) is 0.836. The van der Waals surface area contributed by atoms with Crippen molar-refractivity contribution in [3.8, 4) is 0 Å². The van der Waals surface area contributed by atoms with E-state index in [0.717, 1.165) is 12.8 Å². The summed E-state index contributed by atoms with van der Waals surface area (Å²) in [4.78, 5) is 18.2. The fourth-order valence-electron chi connectivity index (χ4n) is 2.75. The fraction of sp³-hybridized carbons (Fsp3) is 0.714. The summed E-state index contributed by atoms with van der Waals surface area (Å²) in [5, 5.41) is 0. The first-order chi connectivity index (χ1) is 9.57. The topological polar surface area (TPSA) is 55.6 Å². The van der Waals surface area contributed by atoms with E-state index in [1.807, 2.05) is 0 Å². The number of likely N-dealkylation sites (tertiary alicyclic amines) is 1. The van der Waals surface area contributed by atoms with E-state index in [4.69, 9.17) is 9.15 Å². The smallest absolute Gasteiger partial charge is 0.276 e. The number of oxazole rings is 1. The highest BCUT2D eigenvalue weighted by atomic mass is 19.1. The Morgan fingerprint density at radius 3 is 2.90 bits per heavy atom. The summed E-state index contributed by atoms with van der Waals surface area (Å²) < 4.78 is 24.7. The molecule has 0 aromatic carbocycles. The van der Waals surface area contributed by atoms with Gasteiger partial charge in [-0.1, -0.05) is 0 Å². The number of alkyl halides is 1. The van der Waals surface area contributed by atoms with Gasteiger partial charge >= 0.3 is 0 Å². The molecule has 2 aliphatic rings. The first-order valence-corrected chi connectivity index (χ1v) is 7.10. The maximum Gasteiger partial charge on any atom is 0.276 e. The van der Waals surface area contributed by atoms with Gasteiger partial charge in [-0.05, 0) is 32.6 Å². The van der Waals surface area contributed by atoms with Gasteiger partial charge in [0, 0.05) is 19.7 Å². The van der Waals surface area contributed by atoms with Crippen molar-refractivity contribution in [3.63, 3.8) is 0 Å². The number of rotatable bonds is 2. The molecule has 0 aliphatic carbocycles. The first kappa shape index (κ1) is 13.5. The van der Waals surface area contributed by atoms with E-state index < -0.39 is 5.67 Å². The largest absolute Gasteiger partial charge is 0.445 e. The Morgan fingerprint density at radius 1 is 1.50 bits per heavy atom. The van der Waals surface area contributed by atoms with Crippen molar-refractivity contribution in [2.45, 2.75) is 44.4 Å². The van der Waals surface area contributed by atoms with E-state index in [-0.39, 0.29) is 12.0 Å². The average molecular weight is 282 g/mol. The maximum absolute atomic E-state index is 13.8. The van der Waals surface area contributed by atoms with E-state index in [0.29, 0.717) is 44.0 Å². The molecule has 1 unspecified atom stereocenters. The zero-order valence-corrected chi connectivity index (χ0v) is 11.6. The molecule has 3 heterocycles. The predicted molar refractivity (Wildman–Crippen MR) is 69.1 cm³/mol. The highest BCUT2D eigenvalue weighted by Crippen LogP contribution is 2.32. The minimum atomic E-state index is -1.17. The predicted octanol–water partition coefficient (Wildman–Crippen LogP) is 2.49. The molecule has 2 aliphatic heterocycles. The number of ether oxygens (including phenoxy) is 1. The number of amides is 1. The SMILES string of the molecule is CC1(F)CCN(C(=O)c2ncoc2C2CCCO2)CC1. The third-order valence-corrected chi connectivity index (χ3v) is 4.11. The van der Waals surface area contributed by atoms with Gasteiger partial charge in [0.05, 0.1) is 0 Å². The summed E-state index contributed by atoms with van der Waals surface area (Å²) in [6.45, 7) is 3.11. The van der Waals surface area contributed by atoms with E-state index in [9.17, 15) is 9.18 Å². The van der Waals surface area contributed by atoms with Gasteiger partial charge in [-0.3, -0.25) is 4.79 Å². The molecule has 0 radical (unpaired) electrons. The number of halogens is 1. The molecule has 2 fully saturated rings. The number of carbonyl (C=O) groups excluding carboxylic acids is 1. The summed E-state index contributed by atoms with van der Waals surface area (Å²) in [7, 11) is 0. The molecule has 1 amide bonds. The van der Waals surface area contributed by atoms with Crippen LogP contribution in [0.5, 0.6) is 0 Å². The zero-order valence-electron chi connectivity index (χ0n) is 11.6. The van der Waals surface area contributed by atoms with Crippen molar-refractivity contribution in [2.75, 3.05) is 19.7 Å². The number of piperidine rings is 1. The molecule has 0 bridgehead atoms. The van der Waals surface area contributed by atoms with Crippen LogP contribution in [0, 0.1) is 0 Å². The summed E-state index contributed by atoms with van der Waals surface area (Å²) in [6, 6.07) is 0. The maximum atomic E-state index is 13.8. The Labute approximate surface area is 117 Å². The number of aromatic nitrogens is 1. The molecule has 5 nitrogen and oxygen atoms in total. The standard InChI is InChI=1S/C14H19FN2O3/c1-14(15)4-6-17(7-5-14)13(18)11-12(20-9-16-11)10-3-2-8-19-10/h9-10H,2-8H2,1H3. The normalized spacial score (nSPS) is 25.9. The molecule has 20 heavy (non-hydrogen) atoms. The minimum Gasteiger partial charge on any atom is -0.445 e. The Morgan fingerprint density at radius 2 is 2.25 bits per heavy atom. The number of carbonyl (C=O) groups is 1. The summed E-state index contributed by atoms with van der Waals surface area (Å²) in [5.41, 5.74) is -0.850. The lowest BCUT2D eigenvalue weighted by molar-refractivity contribution is 0.0484. The molecule has 0 N–H and O–H groups in total. The lowest BCUT2D eigenvalue weighted by atomic mass is 9.95. The van der Waals surface area contributed by atoms with Crippen LogP contribution in [-0.2, 0) is 4.74 Å². The van der Waals surface area contributed by atoms with Gasteiger partial charge in [0.25, 0.3) is 5.91 Å². The van der Waals surface area contributed by atoms with Crippen LogP contribution in [0.25, 0.3) is 0 Å². The second-order valence-electron chi connectivity index (χ2n) is 5.77. The van der Waals surface area contributed by atoms with Crippen molar-refractivity contribution in [2.24, 2.45) is 0 Å². The Balaban J connectivity index is 1.73. The van der Waals surface area contributed by atoms with Gasteiger partial charge in [-0.25, -0.2) is 9.37 Å². The summed E-state index contributed by atoms with van der Waals surface area (Å²) in [6.07, 6.45) is 3.65. The Hall–Kier alpha value is -1.43. The van der Waals surface area contributed by atoms with Crippen molar-refractivity contribution < 1.29 is 18.3 Å². The average Bonchev–Trinajstić information content (AvgIpc) is 3.08. The van der Waals surface area contributed by atoms with Crippen LogP contribution in [0.1, 0.15) is 55.0 Å². The van der Waals surface area contributed by atoms with E-state index in [1.165, 1.54) is 6.39 Å². The molecular weight excluding hydrogens is 263 g/mol.